The van der Waals surface area contributed by atoms with Crippen LogP contribution in [0.1, 0.15) is 32.1 Å². The lowest BCUT2D eigenvalue weighted by Gasteiger charge is -2.11. The fourth-order valence-electron chi connectivity index (χ4n) is 3.29. The number of aryl methyl sites for hydroxylation is 1. The zero-order valence-corrected chi connectivity index (χ0v) is 16.5. The molecule has 0 N–H and O–H groups in total. The highest BCUT2D eigenvalue weighted by Gasteiger charge is 2.21. The van der Waals surface area contributed by atoms with Crippen LogP contribution in [0.4, 0.5) is 0 Å². The van der Waals surface area contributed by atoms with Gasteiger partial charge in [0.2, 0.25) is 12.6 Å². The third-order valence-electron chi connectivity index (χ3n) is 4.66. The normalized spacial score (nSPS) is 12.1. The molecule has 0 unspecified atom stereocenters. The predicted molar refractivity (Wildman–Crippen MR) is 105 cm³/mol. The number of halogens is 1. The topological polar surface area (TPSA) is 79.7 Å². The van der Waals surface area contributed by atoms with Crippen molar-refractivity contribution in [1.82, 2.24) is 9.55 Å². The summed E-state index contributed by atoms with van der Waals surface area (Å²) in [6, 6.07) is 10.4. The fourth-order valence-corrected chi connectivity index (χ4v) is 3.49. The second kappa shape index (κ2) is 7.60. The molecule has 1 aromatic carbocycles. The molecular weight excluding hydrogens is 396 g/mol. The first-order valence-corrected chi connectivity index (χ1v) is 9.23. The summed E-state index contributed by atoms with van der Waals surface area (Å²) < 4.78 is 17.9. The van der Waals surface area contributed by atoms with Crippen molar-refractivity contribution in [1.29, 1.82) is 0 Å². The molecule has 2 aromatic heterocycles. The maximum Gasteiger partial charge on any atom is 0.341 e. The molecule has 29 heavy (non-hydrogen) atoms. The van der Waals surface area contributed by atoms with Crippen molar-refractivity contribution >= 4 is 23.4 Å². The van der Waals surface area contributed by atoms with Crippen LogP contribution in [0, 0.1) is 13.8 Å². The van der Waals surface area contributed by atoms with Gasteiger partial charge < -0.3 is 18.8 Å². The van der Waals surface area contributed by atoms with Gasteiger partial charge in [-0.3, -0.25) is 4.79 Å². The number of ketones is 1. The number of fused-ring (bicyclic) bond motifs is 1. The van der Waals surface area contributed by atoms with E-state index in [4.69, 9.17) is 25.8 Å². The summed E-state index contributed by atoms with van der Waals surface area (Å²) in [6.07, 6.45) is 1.47. The van der Waals surface area contributed by atoms with E-state index >= 15 is 0 Å². The second-order valence-electron chi connectivity index (χ2n) is 6.50. The minimum atomic E-state index is -0.693. The number of ether oxygens (including phenoxy) is 3. The molecule has 0 fully saturated rings. The molecule has 0 atom stereocenters. The number of benzene rings is 1. The molecule has 0 aliphatic carbocycles. The molecule has 7 nitrogen and oxygen atoms in total. The first-order valence-electron chi connectivity index (χ1n) is 8.85. The maximum absolute atomic E-state index is 12.7. The fraction of sp³-hybridized carbons (Fsp3) is 0.190. The lowest BCUT2D eigenvalue weighted by molar-refractivity contribution is 0.0474. The van der Waals surface area contributed by atoms with Crippen molar-refractivity contribution < 1.29 is 23.8 Å². The van der Waals surface area contributed by atoms with E-state index in [2.05, 4.69) is 4.98 Å². The van der Waals surface area contributed by atoms with Crippen LogP contribution in [0.2, 0.25) is 5.15 Å². The highest BCUT2D eigenvalue weighted by Crippen LogP contribution is 2.35. The summed E-state index contributed by atoms with van der Waals surface area (Å²) in [6.45, 7) is 3.54. The molecule has 0 saturated heterocycles. The largest absolute Gasteiger partial charge is 0.454 e. The van der Waals surface area contributed by atoms with Crippen LogP contribution in [-0.4, -0.2) is 34.7 Å². The van der Waals surface area contributed by atoms with Crippen molar-refractivity contribution in [2.45, 2.75) is 13.8 Å². The van der Waals surface area contributed by atoms with E-state index in [0.717, 1.165) is 17.1 Å². The highest BCUT2D eigenvalue weighted by molar-refractivity contribution is 6.32. The average molecular weight is 413 g/mol. The maximum atomic E-state index is 12.7. The van der Waals surface area contributed by atoms with Crippen molar-refractivity contribution in [3.8, 4) is 17.2 Å². The Morgan fingerprint density at radius 2 is 1.93 bits per heavy atom. The zero-order valence-electron chi connectivity index (χ0n) is 15.8. The third kappa shape index (κ3) is 3.56. The summed E-state index contributed by atoms with van der Waals surface area (Å²) in [4.78, 5) is 28.7. The number of esters is 1. The molecule has 3 heterocycles. The van der Waals surface area contributed by atoms with E-state index in [0.29, 0.717) is 17.1 Å². The number of carbonyl (C=O) groups excluding carboxylic acids is 2. The number of pyridine rings is 1. The third-order valence-corrected chi connectivity index (χ3v) is 4.96. The van der Waals surface area contributed by atoms with Crippen LogP contribution >= 0.6 is 11.6 Å². The van der Waals surface area contributed by atoms with Gasteiger partial charge in [0.05, 0.1) is 5.56 Å². The molecule has 1 aliphatic heterocycles. The van der Waals surface area contributed by atoms with Gasteiger partial charge in [0.1, 0.15) is 5.15 Å². The lowest BCUT2D eigenvalue weighted by Crippen LogP contribution is -2.15. The van der Waals surface area contributed by atoms with E-state index in [9.17, 15) is 9.59 Å². The summed E-state index contributed by atoms with van der Waals surface area (Å²) in [5.41, 5.74) is 3.05. The number of rotatable bonds is 5. The van der Waals surface area contributed by atoms with Crippen LogP contribution in [0.25, 0.3) is 5.69 Å². The Morgan fingerprint density at radius 3 is 2.72 bits per heavy atom. The monoisotopic (exact) mass is 412 g/mol. The molecule has 8 heteroatoms. The molecule has 0 amide bonds. The molecule has 0 bridgehead atoms. The zero-order chi connectivity index (χ0) is 20.5. The number of hydrogen-bond acceptors (Lipinski definition) is 6. The number of Topliss-reactive ketones (excluding diaryl/α,β-unsaturated/α-hetero) is 1. The Kier molecular flexibility index (Phi) is 4.98. The van der Waals surface area contributed by atoms with Crippen LogP contribution in [0.5, 0.6) is 11.5 Å². The van der Waals surface area contributed by atoms with Crippen molar-refractivity contribution in [2.75, 3.05) is 13.4 Å². The lowest BCUT2D eigenvalue weighted by atomic mass is 10.1. The van der Waals surface area contributed by atoms with Gasteiger partial charge in [0.15, 0.2) is 18.1 Å². The Hall–Kier alpha value is -3.32. The molecule has 4 rings (SSSR count). The summed E-state index contributed by atoms with van der Waals surface area (Å²) in [7, 11) is 0. The summed E-state index contributed by atoms with van der Waals surface area (Å²) in [5, 5.41) is 0.0333. The van der Waals surface area contributed by atoms with Crippen LogP contribution in [0.15, 0.2) is 42.6 Å². The number of hydrogen-bond donors (Lipinski definition) is 0. The van der Waals surface area contributed by atoms with E-state index in [-0.39, 0.29) is 23.3 Å². The van der Waals surface area contributed by atoms with Gasteiger partial charge in [0.25, 0.3) is 0 Å². The van der Waals surface area contributed by atoms with E-state index in [1.807, 2.05) is 36.6 Å². The van der Waals surface area contributed by atoms with Gasteiger partial charge in [-0.1, -0.05) is 11.6 Å². The van der Waals surface area contributed by atoms with E-state index in [1.165, 1.54) is 12.3 Å². The van der Waals surface area contributed by atoms with Crippen LogP contribution in [-0.2, 0) is 4.74 Å². The van der Waals surface area contributed by atoms with Crippen molar-refractivity contribution in [3.05, 3.63) is 70.3 Å². The number of carbonyl (C=O) groups is 2. The van der Waals surface area contributed by atoms with Crippen molar-refractivity contribution in [2.24, 2.45) is 0 Å². The first-order chi connectivity index (χ1) is 14.0. The van der Waals surface area contributed by atoms with Gasteiger partial charge in [-0.25, -0.2) is 9.78 Å². The Labute approximate surface area is 171 Å². The molecule has 148 valence electrons. The standard InChI is InChI=1S/C21H17ClN2O5/c1-12-8-16(17(25)10-27-21(26)15-4-3-7-23-20(15)22)13(2)24(12)14-5-6-18-19(9-14)29-11-28-18/h3-9H,10-11H2,1-2H3. The molecule has 1 aliphatic rings. The average Bonchev–Trinajstić information content (AvgIpc) is 3.29. The van der Waals surface area contributed by atoms with E-state index < -0.39 is 12.6 Å². The summed E-state index contributed by atoms with van der Waals surface area (Å²) >= 11 is 5.89. The smallest absolute Gasteiger partial charge is 0.341 e. The number of nitrogens with zero attached hydrogens (tertiary/aromatic N) is 2. The first kappa shape index (κ1) is 19.0. The van der Waals surface area contributed by atoms with Gasteiger partial charge in [-0.05, 0) is 44.2 Å². The highest BCUT2D eigenvalue weighted by atomic mass is 35.5. The minimum absolute atomic E-state index is 0.0333. The Balaban J connectivity index is 1.54. The SMILES string of the molecule is Cc1cc(C(=O)COC(=O)c2cccnc2Cl)c(C)n1-c1ccc2c(c1)OCO2. The summed E-state index contributed by atoms with van der Waals surface area (Å²) in [5.74, 6) is 0.345. The molecule has 3 aromatic rings. The van der Waals surface area contributed by atoms with Crippen LogP contribution in [0.3, 0.4) is 0 Å². The van der Waals surface area contributed by atoms with E-state index in [1.54, 1.807) is 12.1 Å². The second-order valence-corrected chi connectivity index (χ2v) is 6.86. The molecular formula is C21H17ClN2O5. The Bertz CT molecular complexity index is 1120. The predicted octanol–water partition coefficient (Wildman–Crippen LogP) is 3.91. The van der Waals surface area contributed by atoms with Gasteiger partial charge >= 0.3 is 5.97 Å². The van der Waals surface area contributed by atoms with Crippen molar-refractivity contribution in [3.63, 3.8) is 0 Å². The van der Waals surface area contributed by atoms with Gasteiger partial charge in [-0.15, -0.1) is 0 Å². The quantitative estimate of drug-likeness (QED) is 0.359. The molecule has 0 saturated carbocycles. The van der Waals surface area contributed by atoms with Gasteiger partial charge in [0, 0.05) is 34.9 Å². The minimum Gasteiger partial charge on any atom is -0.454 e. The number of aromatic nitrogens is 2. The van der Waals surface area contributed by atoms with Gasteiger partial charge in [-0.2, -0.15) is 0 Å². The van der Waals surface area contributed by atoms with Crippen LogP contribution < -0.4 is 9.47 Å². The molecule has 0 radical (unpaired) electrons. The molecule has 0 spiro atoms. The Morgan fingerprint density at radius 1 is 1.14 bits per heavy atom.